The van der Waals surface area contributed by atoms with E-state index in [9.17, 15) is 0 Å². The summed E-state index contributed by atoms with van der Waals surface area (Å²) in [6, 6.07) is 3.58. The molecule has 0 spiro atoms. The Morgan fingerprint density at radius 1 is 1.50 bits per heavy atom. The second-order valence-electron chi connectivity index (χ2n) is 4.43. The van der Waals surface area contributed by atoms with Crippen molar-refractivity contribution in [2.24, 2.45) is 0 Å². The van der Waals surface area contributed by atoms with E-state index in [-0.39, 0.29) is 5.60 Å². The molecule has 0 bridgehead atoms. The number of anilines is 3. The van der Waals surface area contributed by atoms with Crippen LogP contribution >= 0.6 is 0 Å². The van der Waals surface area contributed by atoms with Crippen LogP contribution in [-0.2, 0) is 4.74 Å². The first-order valence-corrected chi connectivity index (χ1v) is 5.49. The highest BCUT2D eigenvalue weighted by Crippen LogP contribution is 2.25. The second kappa shape index (κ2) is 4.17. The van der Waals surface area contributed by atoms with Crippen LogP contribution in [0.4, 0.5) is 17.3 Å². The summed E-state index contributed by atoms with van der Waals surface area (Å²) in [5, 5.41) is 3.22. The van der Waals surface area contributed by atoms with E-state index < -0.39 is 0 Å². The maximum absolute atomic E-state index is 5.67. The van der Waals surface area contributed by atoms with Gasteiger partial charge in [-0.1, -0.05) is 0 Å². The normalized spacial score (nSPS) is 24.6. The van der Waals surface area contributed by atoms with E-state index in [1.54, 1.807) is 6.07 Å². The number of nitrogens with zero attached hydrogens (tertiary/aromatic N) is 1. The molecule has 1 atom stereocenters. The summed E-state index contributed by atoms with van der Waals surface area (Å²) < 4.78 is 5.67. The lowest BCUT2D eigenvalue weighted by Gasteiger charge is -2.23. The van der Waals surface area contributed by atoms with Gasteiger partial charge in [-0.2, -0.15) is 0 Å². The molecule has 5 nitrogen and oxygen atoms in total. The van der Waals surface area contributed by atoms with Crippen LogP contribution in [0, 0.1) is 0 Å². The predicted octanol–water partition coefficient (Wildman–Crippen LogP) is 1.23. The van der Waals surface area contributed by atoms with Gasteiger partial charge < -0.3 is 21.5 Å². The first kappa shape index (κ1) is 11.0. The Hall–Kier alpha value is -1.49. The van der Waals surface area contributed by atoms with Crippen molar-refractivity contribution in [2.45, 2.75) is 25.4 Å². The highest BCUT2D eigenvalue weighted by atomic mass is 16.5. The van der Waals surface area contributed by atoms with Gasteiger partial charge in [-0.15, -0.1) is 0 Å². The molecule has 1 unspecified atom stereocenters. The van der Waals surface area contributed by atoms with E-state index in [1.807, 2.05) is 6.07 Å². The number of rotatable bonds is 3. The molecule has 2 rings (SSSR count). The van der Waals surface area contributed by atoms with Crippen molar-refractivity contribution in [1.29, 1.82) is 0 Å². The van der Waals surface area contributed by atoms with Crippen molar-refractivity contribution < 1.29 is 4.74 Å². The third kappa shape index (κ3) is 2.36. The first-order chi connectivity index (χ1) is 7.59. The number of nitrogens with two attached hydrogens (primary N) is 2. The number of nitrogen functional groups attached to an aromatic ring is 2. The number of nitrogens with one attached hydrogen (secondary N) is 1. The zero-order valence-corrected chi connectivity index (χ0v) is 9.49. The minimum Gasteiger partial charge on any atom is -0.396 e. The maximum Gasteiger partial charge on any atom is 0.149 e. The molecule has 16 heavy (non-hydrogen) atoms. The molecule has 88 valence electrons. The van der Waals surface area contributed by atoms with Crippen LogP contribution in [0.25, 0.3) is 0 Å². The number of pyridine rings is 1. The SMILES string of the molecule is CC1(CNc2ccc(N)c(N)n2)CCCO1. The smallest absolute Gasteiger partial charge is 0.149 e. The Balaban J connectivity index is 1.96. The average Bonchev–Trinajstić information content (AvgIpc) is 2.68. The van der Waals surface area contributed by atoms with Crippen molar-refractivity contribution >= 4 is 17.3 Å². The molecular weight excluding hydrogens is 204 g/mol. The Kier molecular flexibility index (Phi) is 2.87. The minimum absolute atomic E-state index is 0.0855. The van der Waals surface area contributed by atoms with Crippen LogP contribution in [0.1, 0.15) is 19.8 Å². The van der Waals surface area contributed by atoms with Crippen LogP contribution in [0.2, 0.25) is 0 Å². The van der Waals surface area contributed by atoms with Crippen molar-refractivity contribution in [1.82, 2.24) is 4.98 Å². The minimum atomic E-state index is -0.0855. The van der Waals surface area contributed by atoms with Crippen LogP contribution in [-0.4, -0.2) is 23.7 Å². The van der Waals surface area contributed by atoms with E-state index in [4.69, 9.17) is 16.2 Å². The summed E-state index contributed by atoms with van der Waals surface area (Å²) in [5.74, 6) is 1.10. The van der Waals surface area contributed by atoms with Crippen molar-refractivity contribution in [2.75, 3.05) is 29.9 Å². The number of aromatic nitrogens is 1. The Labute approximate surface area is 95.2 Å². The topological polar surface area (TPSA) is 86.2 Å². The number of hydrogen-bond acceptors (Lipinski definition) is 5. The second-order valence-corrected chi connectivity index (χ2v) is 4.43. The number of hydrogen-bond donors (Lipinski definition) is 3. The first-order valence-electron chi connectivity index (χ1n) is 5.49. The average molecular weight is 222 g/mol. The lowest BCUT2D eigenvalue weighted by atomic mass is 10.0. The van der Waals surface area contributed by atoms with Crippen LogP contribution in [0.5, 0.6) is 0 Å². The Morgan fingerprint density at radius 2 is 2.31 bits per heavy atom. The summed E-state index contributed by atoms with van der Waals surface area (Å²) in [6.45, 7) is 3.69. The van der Waals surface area contributed by atoms with Gasteiger partial charge in [-0.05, 0) is 31.9 Å². The molecule has 1 aliphatic rings. The van der Waals surface area contributed by atoms with Gasteiger partial charge in [0.2, 0.25) is 0 Å². The fourth-order valence-electron chi connectivity index (χ4n) is 1.84. The summed E-state index contributed by atoms with van der Waals surface area (Å²) >= 11 is 0. The van der Waals surface area contributed by atoms with Crippen molar-refractivity contribution in [3.05, 3.63) is 12.1 Å². The predicted molar refractivity (Wildman–Crippen MR) is 65.1 cm³/mol. The molecule has 1 saturated heterocycles. The van der Waals surface area contributed by atoms with Gasteiger partial charge >= 0.3 is 0 Å². The van der Waals surface area contributed by atoms with Crippen LogP contribution in [0.3, 0.4) is 0 Å². The Bertz CT molecular complexity index is 374. The standard InChI is InChI=1S/C11H18N4O/c1-11(5-2-6-16-11)7-14-9-4-3-8(12)10(13)15-9/h3-4H,2,5-7,12H2,1H3,(H3,13,14,15). The highest BCUT2D eigenvalue weighted by molar-refractivity contribution is 5.61. The third-order valence-corrected chi connectivity index (χ3v) is 2.90. The van der Waals surface area contributed by atoms with Gasteiger partial charge in [-0.3, -0.25) is 0 Å². The molecule has 0 amide bonds. The molecule has 0 radical (unpaired) electrons. The molecular formula is C11H18N4O. The lowest BCUT2D eigenvalue weighted by Crippen LogP contribution is -2.32. The molecule has 0 saturated carbocycles. The maximum atomic E-state index is 5.67. The zero-order valence-electron chi connectivity index (χ0n) is 9.49. The fourth-order valence-corrected chi connectivity index (χ4v) is 1.84. The van der Waals surface area contributed by atoms with Gasteiger partial charge in [0.05, 0.1) is 11.3 Å². The molecule has 5 N–H and O–H groups in total. The zero-order chi connectivity index (χ0) is 11.6. The van der Waals surface area contributed by atoms with E-state index in [1.165, 1.54) is 0 Å². The largest absolute Gasteiger partial charge is 0.396 e. The van der Waals surface area contributed by atoms with Gasteiger partial charge in [-0.25, -0.2) is 4.98 Å². The van der Waals surface area contributed by atoms with Gasteiger partial charge in [0.15, 0.2) is 0 Å². The lowest BCUT2D eigenvalue weighted by molar-refractivity contribution is 0.0315. The molecule has 1 aliphatic heterocycles. The van der Waals surface area contributed by atoms with E-state index >= 15 is 0 Å². The Morgan fingerprint density at radius 3 is 2.94 bits per heavy atom. The van der Waals surface area contributed by atoms with Crippen LogP contribution < -0.4 is 16.8 Å². The van der Waals surface area contributed by atoms with Crippen molar-refractivity contribution in [3.63, 3.8) is 0 Å². The monoisotopic (exact) mass is 222 g/mol. The molecule has 1 aromatic rings. The van der Waals surface area contributed by atoms with E-state index in [0.717, 1.165) is 31.8 Å². The third-order valence-electron chi connectivity index (χ3n) is 2.90. The quantitative estimate of drug-likeness (QED) is 0.716. The van der Waals surface area contributed by atoms with Crippen molar-refractivity contribution in [3.8, 4) is 0 Å². The van der Waals surface area contributed by atoms with Gasteiger partial charge in [0.1, 0.15) is 11.6 Å². The molecule has 0 aliphatic carbocycles. The van der Waals surface area contributed by atoms with E-state index in [2.05, 4.69) is 17.2 Å². The molecule has 1 aromatic heterocycles. The molecule has 1 fully saturated rings. The van der Waals surface area contributed by atoms with Gasteiger partial charge in [0, 0.05) is 13.2 Å². The van der Waals surface area contributed by atoms with Gasteiger partial charge in [0.25, 0.3) is 0 Å². The summed E-state index contributed by atoms with van der Waals surface area (Å²) in [7, 11) is 0. The molecule has 5 heteroatoms. The van der Waals surface area contributed by atoms with E-state index in [0.29, 0.717) is 11.5 Å². The summed E-state index contributed by atoms with van der Waals surface area (Å²) in [5.41, 5.74) is 11.6. The highest BCUT2D eigenvalue weighted by Gasteiger charge is 2.29. The summed E-state index contributed by atoms with van der Waals surface area (Å²) in [6.07, 6.45) is 2.19. The summed E-state index contributed by atoms with van der Waals surface area (Å²) in [4.78, 5) is 4.15. The number of ether oxygens (including phenoxy) is 1. The molecule has 0 aromatic carbocycles. The fraction of sp³-hybridized carbons (Fsp3) is 0.545. The molecule has 2 heterocycles. The van der Waals surface area contributed by atoms with Crippen LogP contribution in [0.15, 0.2) is 12.1 Å².